The lowest BCUT2D eigenvalue weighted by Gasteiger charge is -2.10. The number of hydrogen-bond donors (Lipinski definition) is 1. The summed E-state index contributed by atoms with van der Waals surface area (Å²) in [6.07, 6.45) is 4.30. The maximum atomic E-state index is 12.4. The number of carbonyl (C=O) groups excluding carboxylic acids is 2. The van der Waals surface area contributed by atoms with Crippen molar-refractivity contribution in [3.63, 3.8) is 0 Å². The zero-order chi connectivity index (χ0) is 22.6. The molecule has 0 bridgehead atoms. The molecule has 0 aliphatic rings. The topological polar surface area (TPSA) is 112 Å². The molecule has 31 heavy (non-hydrogen) atoms. The molecule has 0 radical (unpaired) electrons. The number of benzene rings is 2. The fraction of sp³-hybridized carbons (Fsp3) is 0.0833. The molecule has 7 heteroatoms. The van der Waals surface area contributed by atoms with Gasteiger partial charge in [-0.25, -0.2) is 4.79 Å². The van der Waals surface area contributed by atoms with E-state index in [1.54, 1.807) is 30.3 Å². The molecule has 2 rings (SSSR count). The first-order valence-corrected chi connectivity index (χ1v) is 9.10. The average Bonchev–Trinajstić information content (AvgIpc) is 2.80. The standard InChI is InChI=1S/C24H19N3O4/c1-3-11-27-23(28)19(15-25)13-18-9-10-21(22(14-18)30-2)31-24(29)20(16-26)12-17-7-5-4-6-8-17/h3-10,12-14H,1,11H2,2H3,(H,27,28). The van der Waals surface area contributed by atoms with Crippen LogP contribution in [0.5, 0.6) is 11.5 Å². The molecule has 1 amide bonds. The molecule has 0 aromatic heterocycles. The Kier molecular flexibility index (Phi) is 8.33. The predicted molar refractivity (Wildman–Crippen MR) is 115 cm³/mol. The summed E-state index contributed by atoms with van der Waals surface area (Å²) in [6.45, 7) is 3.73. The summed E-state index contributed by atoms with van der Waals surface area (Å²) in [5, 5.41) is 21.1. The van der Waals surface area contributed by atoms with Crippen LogP contribution in [0.4, 0.5) is 0 Å². The molecule has 0 atom stereocenters. The second kappa shape index (κ2) is 11.4. The largest absolute Gasteiger partial charge is 0.493 e. The van der Waals surface area contributed by atoms with E-state index in [0.717, 1.165) is 0 Å². The Morgan fingerprint density at radius 3 is 2.29 bits per heavy atom. The molecule has 0 heterocycles. The van der Waals surface area contributed by atoms with Crippen LogP contribution < -0.4 is 14.8 Å². The maximum absolute atomic E-state index is 12.4. The quantitative estimate of drug-likeness (QED) is 0.233. The highest BCUT2D eigenvalue weighted by atomic mass is 16.6. The van der Waals surface area contributed by atoms with Gasteiger partial charge in [-0.05, 0) is 35.4 Å². The highest BCUT2D eigenvalue weighted by Crippen LogP contribution is 2.29. The lowest BCUT2D eigenvalue weighted by atomic mass is 10.1. The average molecular weight is 413 g/mol. The van der Waals surface area contributed by atoms with Gasteiger partial charge in [0.2, 0.25) is 0 Å². The molecule has 0 spiro atoms. The Morgan fingerprint density at radius 1 is 1.00 bits per heavy atom. The summed E-state index contributed by atoms with van der Waals surface area (Å²) in [6, 6.07) is 17.1. The van der Waals surface area contributed by atoms with Crippen molar-refractivity contribution >= 4 is 24.0 Å². The maximum Gasteiger partial charge on any atom is 0.354 e. The van der Waals surface area contributed by atoms with E-state index in [1.165, 1.54) is 37.5 Å². The van der Waals surface area contributed by atoms with Crippen molar-refractivity contribution in [1.82, 2.24) is 5.32 Å². The van der Waals surface area contributed by atoms with Crippen LogP contribution in [0.3, 0.4) is 0 Å². The van der Waals surface area contributed by atoms with Crippen LogP contribution in [0, 0.1) is 22.7 Å². The molecular weight excluding hydrogens is 394 g/mol. The van der Waals surface area contributed by atoms with E-state index < -0.39 is 11.9 Å². The van der Waals surface area contributed by atoms with Crippen LogP contribution in [0.2, 0.25) is 0 Å². The monoisotopic (exact) mass is 413 g/mol. The lowest BCUT2D eigenvalue weighted by Crippen LogP contribution is -2.24. The highest BCUT2D eigenvalue weighted by Gasteiger charge is 2.16. The van der Waals surface area contributed by atoms with Gasteiger partial charge in [0.25, 0.3) is 5.91 Å². The van der Waals surface area contributed by atoms with E-state index in [4.69, 9.17) is 9.47 Å². The van der Waals surface area contributed by atoms with Crippen LogP contribution in [0.25, 0.3) is 12.2 Å². The number of amides is 1. The fourth-order valence-electron chi connectivity index (χ4n) is 2.44. The number of esters is 1. The number of ether oxygens (including phenoxy) is 2. The summed E-state index contributed by atoms with van der Waals surface area (Å²) >= 11 is 0. The molecule has 0 aliphatic heterocycles. The van der Waals surface area contributed by atoms with Gasteiger partial charge in [0.15, 0.2) is 11.5 Å². The van der Waals surface area contributed by atoms with Gasteiger partial charge in [0.05, 0.1) is 7.11 Å². The first kappa shape index (κ1) is 22.7. The summed E-state index contributed by atoms with van der Waals surface area (Å²) in [7, 11) is 1.38. The number of nitrogens with zero attached hydrogens (tertiary/aromatic N) is 2. The van der Waals surface area contributed by atoms with Gasteiger partial charge in [0, 0.05) is 6.54 Å². The summed E-state index contributed by atoms with van der Waals surface area (Å²) in [5.74, 6) is -1.09. The number of rotatable bonds is 8. The molecule has 0 saturated carbocycles. The van der Waals surface area contributed by atoms with Crippen LogP contribution in [0.1, 0.15) is 11.1 Å². The molecule has 0 saturated heterocycles. The highest BCUT2D eigenvalue weighted by molar-refractivity contribution is 6.02. The van der Waals surface area contributed by atoms with Gasteiger partial charge < -0.3 is 14.8 Å². The molecule has 0 unspecified atom stereocenters. The van der Waals surface area contributed by atoms with Crippen LogP contribution >= 0.6 is 0 Å². The Morgan fingerprint density at radius 2 is 1.68 bits per heavy atom. The Balaban J connectivity index is 2.26. The van der Waals surface area contributed by atoms with Crippen LogP contribution in [-0.2, 0) is 9.59 Å². The zero-order valence-corrected chi connectivity index (χ0v) is 16.8. The lowest BCUT2D eigenvalue weighted by molar-refractivity contribution is -0.129. The molecule has 2 aromatic rings. The van der Waals surface area contributed by atoms with E-state index in [0.29, 0.717) is 11.1 Å². The second-order valence-corrected chi connectivity index (χ2v) is 6.05. The van der Waals surface area contributed by atoms with E-state index in [2.05, 4.69) is 11.9 Å². The number of nitriles is 2. The third-order valence-electron chi connectivity index (χ3n) is 3.92. The predicted octanol–water partition coefficient (Wildman–Crippen LogP) is 3.42. The molecular formula is C24H19N3O4. The van der Waals surface area contributed by atoms with E-state index in [9.17, 15) is 20.1 Å². The van der Waals surface area contributed by atoms with Crippen molar-refractivity contribution in [3.8, 4) is 23.6 Å². The Labute approximate surface area is 180 Å². The third-order valence-corrected chi connectivity index (χ3v) is 3.92. The minimum Gasteiger partial charge on any atom is -0.493 e. The molecule has 1 N–H and O–H groups in total. The summed E-state index contributed by atoms with van der Waals surface area (Å²) in [5.41, 5.74) is 0.888. The van der Waals surface area contributed by atoms with E-state index in [1.807, 2.05) is 18.2 Å². The summed E-state index contributed by atoms with van der Waals surface area (Å²) in [4.78, 5) is 24.4. The van der Waals surface area contributed by atoms with Crippen LogP contribution in [-0.4, -0.2) is 25.5 Å². The normalized spacial score (nSPS) is 10.9. The molecule has 2 aromatic carbocycles. The van der Waals surface area contributed by atoms with Crippen molar-refractivity contribution in [1.29, 1.82) is 10.5 Å². The van der Waals surface area contributed by atoms with Gasteiger partial charge in [-0.15, -0.1) is 6.58 Å². The van der Waals surface area contributed by atoms with Crippen molar-refractivity contribution < 1.29 is 19.1 Å². The number of hydrogen-bond acceptors (Lipinski definition) is 6. The third kappa shape index (κ3) is 6.45. The van der Waals surface area contributed by atoms with Crippen molar-refractivity contribution in [2.45, 2.75) is 0 Å². The van der Waals surface area contributed by atoms with Gasteiger partial charge in [-0.3, -0.25) is 4.79 Å². The number of methoxy groups -OCH3 is 1. The minimum absolute atomic E-state index is 0.0912. The Bertz CT molecular complexity index is 1120. The van der Waals surface area contributed by atoms with Gasteiger partial charge >= 0.3 is 5.97 Å². The molecule has 0 aliphatic carbocycles. The smallest absolute Gasteiger partial charge is 0.354 e. The second-order valence-electron chi connectivity index (χ2n) is 6.05. The number of carbonyl (C=O) groups is 2. The molecule has 0 fully saturated rings. The summed E-state index contributed by atoms with van der Waals surface area (Å²) < 4.78 is 10.6. The molecule has 154 valence electrons. The Hall–Kier alpha value is -4.62. The van der Waals surface area contributed by atoms with Crippen LogP contribution in [0.15, 0.2) is 72.3 Å². The first-order valence-electron chi connectivity index (χ1n) is 9.10. The van der Waals surface area contributed by atoms with Crippen molar-refractivity contribution in [2.75, 3.05) is 13.7 Å². The van der Waals surface area contributed by atoms with Crippen molar-refractivity contribution in [3.05, 3.63) is 83.5 Å². The molecule has 7 nitrogen and oxygen atoms in total. The first-order chi connectivity index (χ1) is 15.0. The van der Waals surface area contributed by atoms with E-state index in [-0.39, 0.29) is 29.2 Å². The zero-order valence-electron chi connectivity index (χ0n) is 16.8. The number of nitrogens with one attached hydrogen (secondary N) is 1. The van der Waals surface area contributed by atoms with Gasteiger partial charge in [0.1, 0.15) is 23.3 Å². The fourth-order valence-corrected chi connectivity index (χ4v) is 2.44. The SMILES string of the molecule is C=CCNC(=O)C(C#N)=Cc1ccc(OC(=O)C(C#N)=Cc2ccccc2)c(OC)c1. The van der Waals surface area contributed by atoms with Gasteiger partial charge in [-0.2, -0.15) is 10.5 Å². The minimum atomic E-state index is -0.838. The van der Waals surface area contributed by atoms with Crippen molar-refractivity contribution in [2.24, 2.45) is 0 Å². The van der Waals surface area contributed by atoms with E-state index >= 15 is 0 Å². The van der Waals surface area contributed by atoms with Gasteiger partial charge in [-0.1, -0.05) is 42.5 Å².